The highest BCUT2D eigenvalue weighted by atomic mass is 16.1. The summed E-state index contributed by atoms with van der Waals surface area (Å²) in [7, 11) is 2.05. The number of likely N-dealkylation sites (tertiary alicyclic amines) is 1. The third kappa shape index (κ3) is 2.44. The maximum atomic E-state index is 12.3. The molecule has 0 spiro atoms. The number of anilines is 1. The van der Waals surface area contributed by atoms with E-state index in [9.17, 15) is 4.79 Å². The van der Waals surface area contributed by atoms with Gasteiger partial charge in [-0.05, 0) is 32.1 Å². The van der Waals surface area contributed by atoms with Crippen LogP contribution in [0.25, 0.3) is 10.9 Å². The Balaban J connectivity index is 1.84. The third-order valence-electron chi connectivity index (χ3n) is 3.71. The zero-order valence-corrected chi connectivity index (χ0v) is 11.5. The number of likely N-dealkylation sites (N-methyl/N-ethyl adjacent to an activating group) is 1. The van der Waals surface area contributed by atoms with Crippen molar-refractivity contribution in [3.8, 4) is 0 Å². The summed E-state index contributed by atoms with van der Waals surface area (Å²) in [5.41, 5.74) is 7.72. The number of para-hydroxylation sites is 1. The first-order valence-corrected chi connectivity index (χ1v) is 6.78. The second-order valence-electron chi connectivity index (χ2n) is 5.34. The predicted molar refractivity (Wildman–Crippen MR) is 79.5 cm³/mol. The number of hydrogen-bond donors (Lipinski definition) is 2. The van der Waals surface area contributed by atoms with Crippen LogP contribution in [0.3, 0.4) is 0 Å². The van der Waals surface area contributed by atoms with Crippen molar-refractivity contribution in [2.75, 3.05) is 25.9 Å². The Bertz CT molecular complexity index is 655. The van der Waals surface area contributed by atoms with Crippen LogP contribution in [-0.2, 0) is 0 Å². The number of aromatic nitrogens is 1. The number of amides is 1. The van der Waals surface area contributed by atoms with E-state index >= 15 is 0 Å². The number of fused-ring (bicyclic) bond motifs is 1. The van der Waals surface area contributed by atoms with E-state index in [0.29, 0.717) is 11.4 Å². The molecule has 1 aliphatic heterocycles. The fraction of sp³-hybridized carbons (Fsp3) is 0.333. The Morgan fingerprint density at radius 3 is 3.00 bits per heavy atom. The molecular weight excluding hydrogens is 252 g/mol. The van der Waals surface area contributed by atoms with Crippen LogP contribution >= 0.6 is 0 Å². The minimum atomic E-state index is -0.150. The fourth-order valence-corrected chi connectivity index (χ4v) is 2.63. The molecule has 0 saturated carbocycles. The Morgan fingerprint density at radius 1 is 1.45 bits per heavy atom. The number of rotatable bonds is 2. The van der Waals surface area contributed by atoms with Crippen molar-refractivity contribution in [1.29, 1.82) is 0 Å². The highest BCUT2D eigenvalue weighted by Gasteiger charge is 2.22. The van der Waals surface area contributed by atoms with Crippen molar-refractivity contribution in [1.82, 2.24) is 15.2 Å². The fourth-order valence-electron chi connectivity index (χ4n) is 2.63. The number of hydrogen-bond acceptors (Lipinski definition) is 4. The topological polar surface area (TPSA) is 71.2 Å². The molecule has 2 aromatic rings. The first-order valence-electron chi connectivity index (χ1n) is 6.78. The van der Waals surface area contributed by atoms with Gasteiger partial charge in [-0.2, -0.15) is 0 Å². The normalized spacial score (nSPS) is 19.4. The molecule has 0 aliphatic carbocycles. The zero-order chi connectivity index (χ0) is 14.1. The molecule has 1 saturated heterocycles. The van der Waals surface area contributed by atoms with Crippen molar-refractivity contribution in [2.24, 2.45) is 0 Å². The molecule has 104 valence electrons. The van der Waals surface area contributed by atoms with Crippen LogP contribution in [0.5, 0.6) is 0 Å². The van der Waals surface area contributed by atoms with Gasteiger partial charge in [0.25, 0.3) is 5.91 Å². The summed E-state index contributed by atoms with van der Waals surface area (Å²) in [4.78, 5) is 18.8. The molecule has 3 N–H and O–H groups in total. The van der Waals surface area contributed by atoms with E-state index in [-0.39, 0.29) is 11.9 Å². The Morgan fingerprint density at radius 2 is 2.25 bits per heavy atom. The first kappa shape index (κ1) is 12.9. The van der Waals surface area contributed by atoms with E-state index in [1.54, 1.807) is 6.07 Å². The molecule has 20 heavy (non-hydrogen) atoms. The summed E-state index contributed by atoms with van der Waals surface area (Å²) in [5.74, 6) is -0.150. The first-order chi connectivity index (χ1) is 9.63. The average molecular weight is 270 g/mol. The molecule has 1 aromatic carbocycles. The molecule has 1 atom stereocenters. The number of carbonyl (C=O) groups is 1. The zero-order valence-electron chi connectivity index (χ0n) is 11.5. The molecule has 3 rings (SSSR count). The van der Waals surface area contributed by atoms with Crippen molar-refractivity contribution >= 4 is 22.5 Å². The number of pyridine rings is 1. The van der Waals surface area contributed by atoms with Crippen LogP contribution in [-0.4, -0.2) is 42.0 Å². The van der Waals surface area contributed by atoms with Crippen LogP contribution in [0.1, 0.15) is 16.9 Å². The van der Waals surface area contributed by atoms with Gasteiger partial charge in [-0.3, -0.25) is 4.79 Å². The lowest BCUT2D eigenvalue weighted by Gasteiger charge is -2.13. The van der Waals surface area contributed by atoms with Crippen LogP contribution in [0.4, 0.5) is 5.69 Å². The lowest BCUT2D eigenvalue weighted by Crippen LogP contribution is -2.36. The van der Waals surface area contributed by atoms with Gasteiger partial charge < -0.3 is 16.0 Å². The summed E-state index contributed by atoms with van der Waals surface area (Å²) >= 11 is 0. The maximum Gasteiger partial charge on any atom is 0.270 e. The average Bonchev–Trinajstić information content (AvgIpc) is 2.84. The van der Waals surface area contributed by atoms with E-state index < -0.39 is 0 Å². The molecule has 1 unspecified atom stereocenters. The molecular formula is C15H18N4O. The summed E-state index contributed by atoms with van der Waals surface area (Å²) in [6, 6.07) is 9.42. The SMILES string of the molecule is CN1CCC(NC(=O)c2cc(N)c3ccccc3n2)C1. The van der Waals surface area contributed by atoms with Gasteiger partial charge in [0, 0.05) is 23.7 Å². The molecule has 1 aliphatic rings. The third-order valence-corrected chi connectivity index (χ3v) is 3.71. The van der Waals surface area contributed by atoms with E-state index in [1.807, 2.05) is 24.3 Å². The minimum absolute atomic E-state index is 0.150. The molecule has 0 bridgehead atoms. The molecule has 2 heterocycles. The monoisotopic (exact) mass is 270 g/mol. The molecule has 5 nitrogen and oxygen atoms in total. The molecule has 5 heteroatoms. The second-order valence-corrected chi connectivity index (χ2v) is 5.34. The quantitative estimate of drug-likeness (QED) is 0.861. The van der Waals surface area contributed by atoms with Gasteiger partial charge >= 0.3 is 0 Å². The lowest BCUT2D eigenvalue weighted by molar-refractivity contribution is 0.0934. The summed E-state index contributed by atoms with van der Waals surface area (Å²) in [6.45, 7) is 1.90. The van der Waals surface area contributed by atoms with Crippen LogP contribution in [0.2, 0.25) is 0 Å². The second kappa shape index (κ2) is 5.09. The molecule has 0 radical (unpaired) electrons. The number of nitrogen functional groups attached to an aromatic ring is 1. The van der Waals surface area contributed by atoms with E-state index in [2.05, 4.69) is 22.2 Å². The highest BCUT2D eigenvalue weighted by molar-refractivity contribution is 5.99. The predicted octanol–water partition coefficient (Wildman–Crippen LogP) is 1.25. The highest BCUT2D eigenvalue weighted by Crippen LogP contribution is 2.20. The lowest BCUT2D eigenvalue weighted by atomic mass is 10.1. The minimum Gasteiger partial charge on any atom is -0.398 e. The smallest absolute Gasteiger partial charge is 0.270 e. The van der Waals surface area contributed by atoms with Crippen molar-refractivity contribution in [2.45, 2.75) is 12.5 Å². The van der Waals surface area contributed by atoms with Crippen molar-refractivity contribution in [3.63, 3.8) is 0 Å². The Labute approximate surface area is 117 Å². The standard InChI is InChI=1S/C15H18N4O/c1-19-7-6-10(9-19)17-15(20)14-8-12(16)11-4-2-3-5-13(11)18-14/h2-5,8,10H,6-7,9H2,1H3,(H2,16,18)(H,17,20). The molecule has 1 amide bonds. The number of nitrogens with zero attached hydrogens (tertiary/aromatic N) is 2. The van der Waals surface area contributed by atoms with Gasteiger partial charge in [-0.1, -0.05) is 18.2 Å². The van der Waals surface area contributed by atoms with E-state index in [1.165, 1.54) is 0 Å². The summed E-state index contributed by atoms with van der Waals surface area (Å²) in [6.07, 6.45) is 0.977. The number of nitrogens with one attached hydrogen (secondary N) is 1. The van der Waals surface area contributed by atoms with Crippen LogP contribution in [0.15, 0.2) is 30.3 Å². The number of benzene rings is 1. The Kier molecular flexibility index (Phi) is 3.28. The van der Waals surface area contributed by atoms with Gasteiger partial charge in [0.1, 0.15) is 5.69 Å². The van der Waals surface area contributed by atoms with Crippen molar-refractivity contribution in [3.05, 3.63) is 36.0 Å². The van der Waals surface area contributed by atoms with E-state index in [0.717, 1.165) is 30.4 Å². The van der Waals surface area contributed by atoms with Gasteiger partial charge in [0.2, 0.25) is 0 Å². The van der Waals surface area contributed by atoms with E-state index in [4.69, 9.17) is 5.73 Å². The Hall–Kier alpha value is -2.14. The largest absolute Gasteiger partial charge is 0.398 e. The van der Waals surface area contributed by atoms with Gasteiger partial charge in [-0.15, -0.1) is 0 Å². The number of nitrogens with two attached hydrogens (primary N) is 1. The van der Waals surface area contributed by atoms with Gasteiger partial charge in [-0.25, -0.2) is 4.98 Å². The molecule has 1 fully saturated rings. The maximum absolute atomic E-state index is 12.3. The number of carbonyl (C=O) groups excluding carboxylic acids is 1. The summed E-state index contributed by atoms with van der Waals surface area (Å²) in [5, 5.41) is 3.90. The van der Waals surface area contributed by atoms with Gasteiger partial charge in [0.05, 0.1) is 5.52 Å². The van der Waals surface area contributed by atoms with Gasteiger partial charge in [0.15, 0.2) is 0 Å². The van der Waals surface area contributed by atoms with Crippen LogP contribution < -0.4 is 11.1 Å². The summed E-state index contributed by atoms with van der Waals surface area (Å²) < 4.78 is 0. The van der Waals surface area contributed by atoms with Crippen LogP contribution in [0, 0.1) is 0 Å². The molecule has 1 aromatic heterocycles. The van der Waals surface area contributed by atoms with Crippen molar-refractivity contribution < 1.29 is 4.79 Å².